The number of rotatable bonds is 7. The predicted molar refractivity (Wildman–Crippen MR) is 120 cm³/mol. The molecule has 172 valence electrons. The zero-order valence-electron chi connectivity index (χ0n) is 18.5. The van der Waals surface area contributed by atoms with Gasteiger partial charge in [0.05, 0.1) is 24.2 Å². The van der Waals surface area contributed by atoms with Gasteiger partial charge in [0.2, 0.25) is 15.9 Å². The van der Waals surface area contributed by atoms with E-state index in [2.05, 4.69) is 5.32 Å². The third-order valence-electron chi connectivity index (χ3n) is 5.61. The number of hydrogen-bond donors (Lipinski definition) is 1. The number of anilines is 1. The molecule has 0 spiro atoms. The van der Waals surface area contributed by atoms with Gasteiger partial charge in [-0.3, -0.25) is 4.79 Å². The number of carbonyl (C=O) groups excluding carboxylic acids is 2. The van der Waals surface area contributed by atoms with Crippen molar-refractivity contribution >= 4 is 27.6 Å². The Bertz CT molecular complexity index is 1070. The normalized spacial score (nSPS) is 15.2. The highest BCUT2D eigenvalue weighted by Gasteiger charge is 2.32. The number of carbonyl (C=O) groups is 2. The average Bonchev–Trinajstić information content (AvgIpc) is 2.80. The summed E-state index contributed by atoms with van der Waals surface area (Å²) >= 11 is 0. The summed E-state index contributed by atoms with van der Waals surface area (Å²) in [6.45, 7) is 4.28. The van der Waals surface area contributed by atoms with E-state index in [4.69, 9.17) is 9.47 Å². The number of sulfonamides is 1. The summed E-state index contributed by atoms with van der Waals surface area (Å²) in [5, 5.41) is 2.89. The summed E-state index contributed by atoms with van der Waals surface area (Å²) in [5.41, 5.74) is 1.60. The van der Waals surface area contributed by atoms with Crippen molar-refractivity contribution in [2.75, 3.05) is 32.1 Å². The number of ether oxygens (including phenoxy) is 2. The van der Waals surface area contributed by atoms with Crippen LogP contribution in [0, 0.1) is 12.8 Å². The summed E-state index contributed by atoms with van der Waals surface area (Å²) in [4.78, 5) is 25.1. The van der Waals surface area contributed by atoms with E-state index in [-0.39, 0.29) is 36.4 Å². The highest BCUT2D eigenvalue weighted by Crippen LogP contribution is 2.27. The van der Waals surface area contributed by atoms with Gasteiger partial charge in [0.1, 0.15) is 5.75 Å². The Kier molecular flexibility index (Phi) is 7.52. The molecule has 0 aromatic heterocycles. The molecule has 2 aromatic rings. The van der Waals surface area contributed by atoms with E-state index in [1.807, 2.05) is 0 Å². The van der Waals surface area contributed by atoms with Gasteiger partial charge in [0.25, 0.3) is 0 Å². The minimum atomic E-state index is -3.63. The summed E-state index contributed by atoms with van der Waals surface area (Å²) in [5.74, 6) is -0.349. The van der Waals surface area contributed by atoms with Crippen LogP contribution in [0.25, 0.3) is 0 Å². The van der Waals surface area contributed by atoms with E-state index in [0.29, 0.717) is 35.4 Å². The van der Waals surface area contributed by atoms with Crippen molar-refractivity contribution in [3.8, 4) is 5.75 Å². The molecule has 3 rings (SSSR count). The Morgan fingerprint density at radius 3 is 2.34 bits per heavy atom. The van der Waals surface area contributed by atoms with Crippen molar-refractivity contribution in [3.63, 3.8) is 0 Å². The summed E-state index contributed by atoms with van der Waals surface area (Å²) < 4.78 is 37.3. The number of hydrogen-bond acceptors (Lipinski definition) is 6. The molecule has 0 atom stereocenters. The topological polar surface area (TPSA) is 102 Å². The number of piperidine rings is 1. The molecule has 1 amide bonds. The van der Waals surface area contributed by atoms with E-state index in [0.717, 1.165) is 0 Å². The van der Waals surface area contributed by atoms with Crippen LogP contribution in [0.4, 0.5) is 5.69 Å². The second kappa shape index (κ2) is 10.1. The van der Waals surface area contributed by atoms with Gasteiger partial charge in [-0.2, -0.15) is 4.31 Å². The van der Waals surface area contributed by atoms with Crippen LogP contribution in [0.5, 0.6) is 5.75 Å². The number of amides is 1. The number of methoxy groups -OCH3 is 1. The maximum absolute atomic E-state index is 12.9. The molecule has 32 heavy (non-hydrogen) atoms. The standard InChI is InChI=1S/C23H28N2O6S/c1-4-31-23(27)20-6-5-7-21(16(20)2)24-22(26)17-12-14-25(15-13-17)32(28,29)19-10-8-18(30-3)9-11-19/h5-11,17H,4,12-15H2,1-3H3,(H,24,26). The van der Waals surface area contributed by atoms with Gasteiger partial charge in [-0.25, -0.2) is 13.2 Å². The molecule has 1 fully saturated rings. The number of benzene rings is 2. The van der Waals surface area contributed by atoms with Gasteiger partial charge < -0.3 is 14.8 Å². The summed E-state index contributed by atoms with van der Waals surface area (Å²) in [6, 6.07) is 11.3. The lowest BCUT2D eigenvalue weighted by molar-refractivity contribution is -0.120. The molecule has 0 unspecified atom stereocenters. The largest absolute Gasteiger partial charge is 0.497 e. The first-order valence-electron chi connectivity index (χ1n) is 10.5. The minimum Gasteiger partial charge on any atom is -0.497 e. The third-order valence-corrected chi connectivity index (χ3v) is 7.52. The second-order valence-corrected chi connectivity index (χ2v) is 9.48. The molecule has 0 bridgehead atoms. The quantitative estimate of drug-likeness (QED) is 0.637. The number of esters is 1. The molecular weight excluding hydrogens is 432 g/mol. The fourth-order valence-electron chi connectivity index (χ4n) is 3.69. The molecule has 2 aromatic carbocycles. The van der Waals surface area contributed by atoms with Crippen molar-refractivity contribution < 1.29 is 27.5 Å². The van der Waals surface area contributed by atoms with E-state index in [9.17, 15) is 18.0 Å². The zero-order chi connectivity index (χ0) is 23.3. The fraction of sp³-hybridized carbons (Fsp3) is 0.391. The highest BCUT2D eigenvalue weighted by molar-refractivity contribution is 7.89. The van der Waals surface area contributed by atoms with Crippen LogP contribution in [-0.4, -0.2) is 51.4 Å². The third kappa shape index (κ3) is 5.11. The lowest BCUT2D eigenvalue weighted by Crippen LogP contribution is -2.41. The molecular formula is C23H28N2O6S. The highest BCUT2D eigenvalue weighted by atomic mass is 32.2. The second-order valence-electron chi connectivity index (χ2n) is 7.54. The Morgan fingerprint density at radius 2 is 1.75 bits per heavy atom. The first kappa shape index (κ1) is 23.7. The van der Waals surface area contributed by atoms with Crippen LogP contribution in [0.2, 0.25) is 0 Å². The molecule has 9 heteroatoms. The molecule has 1 saturated heterocycles. The van der Waals surface area contributed by atoms with E-state index >= 15 is 0 Å². The first-order valence-corrected chi connectivity index (χ1v) is 11.9. The van der Waals surface area contributed by atoms with Crippen LogP contribution in [0.15, 0.2) is 47.4 Å². The van der Waals surface area contributed by atoms with Crippen molar-refractivity contribution in [1.82, 2.24) is 4.31 Å². The molecule has 1 aliphatic rings. The summed E-state index contributed by atoms with van der Waals surface area (Å²) in [6.07, 6.45) is 0.829. The van der Waals surface area contributed by atoms with E-state index in [1.54, 1.807) is 44.2 Å². The number of nitrogens with zero attached hydrogens (tertiary/aromatic N) is 1. The van der Waals surface area contributed by atoms with Crippen LogP contribution >= 0.6 is 0 Å². The van der Waals surface area contributed by atoms with Crippen molar-refractivity contribution in [2.45, 2.75) is 31.6 Å². The molecule has 1 heterocycles. The Balaban J connectivity index is 1.63. The van der Waals surface area contributed by atoms with Crippen molar-refractivity contribution in [3.05, 3.63) is 53.6 Å². The first-order chi connectivity index (χ1) is 15.3. The monoisotopic (exact) mass is 460 g/mol. The van der Waals surface area contributed by atoms with Gasteiger partial charge in [-0.05, 0) is 68.7 Å². The SMILES string of the molecule is CCOC(=O)c1cccc(NC(=O)C2CCN(S(=O)(=O)c3ccc(OC)cc3)CC2)c1C. The fourth-order valence-corrected chi connectivity index (χ4v) is 5.16. The van der Waals surface area contributed by atoms with Crippen LogP contribution in [0.3, 0.4) is 0 Å². The Labute approximate surface area is 188 Å². The number of nitrogens with one attached hydrogen (secondary N) is 1. The zero-order valence-corrected chi connectivity index (χ0v) is 19.3. The molecule has 0 saturated carbocycles. The van der Waals surface area contributed by atoms with Crippen molar-refractivity contribution in [2.24, 2.45) is 5.92 Å². The molecule has 1 aliphatic heterocycles. The van der Waals surface area contributed by atoms with Crippen molar-refractivity contribution in [1.29, 1.82) is 0 Å². The molecule has 0 radical (unpaired) electrons. The van der Waals surface area contributed by atoms with Gasteiger partial charge in [0.15, 0.2) is 0 Å². The van der Waals surface area contributed by atoms with Gasteiger partial charge in [-0.15, -0.1) is 0 Å². The van der Waals surface area contributed by atoms with Gasteiger partial charge >= 0.3 is 5.97 Å². The van der Waals surface area contributed by atoms with E-state index in [1.165, 1.54) is 23.5 Å². The predicted octanol–water partition coefficient (Wildman–Crippen LogP) is 3.22. The van der Waals surface area contributed by atoms with Gasteiger partial charge in [-0.1, -0.05) is 6.07 Å². The van der Waals surface area contributed by atoms with E-state index < -0.39 is 16.0 Å². The molecule has 0 aliphatic carbocycles. The maximum atomic E-state index is 12.9. The Hall–Kier alpha value is -2.91. The summed E-state index contributed by atoms with van der Waals surface area (Å²) in [7, 11) is -2.11. The average molecular weight is 461 g/mol. The molecule has 8 nitrogen and oxygen atoms in total. The van der Waals surface area contributed by atoms with Crippen LogP contribution < -0.4 is 10.1 Å². The minimum absolute atomic E-state index is 0.185. The maximum Gasteiger partial charge on any atom is 0.338 e. The lowest BCUT2D eigenvalue weighted by atomic mass is 9.96. The Morgan fingerprint density at radius 1 is 1.09 bits per heavy atom. The van der Waals surface area contributed by atoms with Crippen LogP contribution in [0.1, 0.15) is 35.7 Å². The molecule has 1 N–H and O–H groups in total. The van der Waals surface area contributed by atoms with Gasteiger partial charge in [0, 0.05) is 24.7 Å². The smallest absolute Gasteiger partial charge is 0.338 e. The lowest BCUT2D eigenvalue weighted by Gasteiger charge is -2.30. The van der Waals surface area contributed by atoms with Crippen LogP contribution in [-0.2, 0) is 19.6 Å².